The number of morpholine rings is 1. The minimum absolute atomic E-state index is 0.585. The summed E-state index contributed by atoms with van der Waals surface area (Å²) in [5.74, 6) is 1.46. The molecule has 27 heavy (non-hydrogen) atoms. The molecule has 0 amide bonds. The molecule has 5 nitrogen and oxygen atoms in total. The Morgan fingerprint density at radius 3 is 2.30 bits per heavy atom. The van der Waals surface area contributed by atoms with Gasteiger partial charge in [-0.05, 0) is 66.2 Å². The van der Waals surface area contributed by atoms with Crippen molar-refractivity contribution in [2.75, 3.05) is 44.4 Å². The van der Waals surface area contributed by atoms with Crippen molar-refractivity contribution in [1.82, 2.24) is 0 Å². The summed E-state index contributed by atoms with van der Waals surface area (Å²) in [6.45, 7) is 8.53. The number of benzene rings is 2. The predicted octanol–water partition coefficient (Wildman–Crippen LogP) is 4.83. The quantitative estimate of drug-likeness (QED) is 0.587. The molecule has 0 bridgehead atoms. The number of anilines is 1. The van der Waals surface area contributed by atoms with Crippen LogP contribution in [-0.4, -0.2) is 45.7 Å². The fourth-order valence-electron chi connectivity index (χ4n) is 2.90. The van der Waals surface area contributed by atoms with Gasteiger partial charge in [0.1, 0.15) is 0 Å². The highest BCUT2D eigenvalue weighted by atomic mass is 79.9. The lowest BCUT2D eigenvalue weighted by Crippen LogP contribution is -2.36. The third-order valence-electron chi connectivity index (χ3n) is 4.24. The molecule has 0 saturated carbocycles. The summed E-state index contributed by atoms with van der Waals surface area (Å²) in [4.78, 5) is 6.93. The van der Waals surface area contributed by atoms with E-state index in [9.17, 15) is 0 Å². The molecule has 1 heterocycles. The van der Waals surface area contributed by atoms with E-state index in [0.717, 1.165) is 53.5 Å². The van der Waals surface area contributed by atoms with Crippen molar-refractivity contribution in [2.24, 2.45) is 4.99 Å². The number of rotatable bonds is 7. The maximum Gasteiger partial charge on any atom is 0.162 e. The van der Waals surface area contributed by atoms with E-state index in [-0.39, 0.29) is 0 Å². The van der Waals surface area contributed by atoms with Crippen LogP contribution in [-0.2, 0) is 4.74 Å². The van der Waals surface area contributed by atoms with Gasteiger partial charge in [0.05, 0.1) is 32.1 Å². The fourth-order valence-corrected chi connectivity index (χ4v) is 3.33. The second kappa shape index (κ2) is 9.76. The first-order chi connectivity index (χ1) is 13.2. The van der Waals surface area contributed by atoms with Crippen molar-refractivity contribution < 1.29 is 14.2 Å². The van der Waals surface area contributed by atoms with Gasteiger partial charge in [0.2, 0.25) is 0 Å². The van der Waals surface area contributed by atoms with Crippen molar-refractivity contribution in [1.29, 1.82) is 0 Å². The molecule has 0 aromatic heterocycles. The average molecular weight is 433 g/mol. The topological polar surface area (TPSA) is 43.3 Å². The van der Waals surface area contributed by atoms with E-state index in [4.69, 9.17) is 14.2 Å². The lowest BCUT2D eigenvalue weighted by Gasteiger charge is -2.28. The maximum absolute atomic E-state index is 5.70. The maximum atomic E-state index is 5.70. The number of aliphatic imine (C=N–C) groups is 1. The Balaban J connectivity index is 1.75. The smallest absolute Gasteiger partial charge is 0.162 e. The summed E-state index contributed by atoms with van der Waals surface area (Å²) < 4.78 is 17.7. The van der Waals surface area contributed by atoms with Gasteiger partial charge in [0.25, 0.3) is 0 Å². The highest BCUT2D eigenvalue weighted by Gasteiger charge is 2.11. The van der Waals surface area contributed by atoms with Crippen LogP contribution in [0.1, 0.15) is 19.4 Å². The van der Waals surface area contributed by atoms with E-state index in [1.54, 1.807) is 0 Å². The van der Waals surface area contributed by atoms with Gasteiger partial charge < -0.3 is 19.1 Å². The first-order valence-electron chi connectivity index (χ1n) is 9.27. The zero-order valence-electron chi connectivity index (χ0n) is 15.8. The van der Waals surface area contributed by atoms with Crippen molar-refractivity contribution in [3.8, 4) is 11.5 Å². The van der Waals surface area contributed by atoms with Crippen LogP contribution >= 0.6 is 15.9 Å². The first kappa shape index (κ1) is 19.7. The van der Waals surface area contributed by atoms with Gasteiger partial charge in [0.15, 0.2) is 11.5 Å². The number of hydrogen-bond acceptors (Lipinski definition) is 5. The number of hydrogen-bond donors (Lipinski definition) is 0. The molecule has 1 saturated heterocycles. The molecule has 0 N–H and O–H groups in total. The summed E-state index contributed by atoms with van der Waals surface area (Å²) >= 11 is 3.59. The summed E-state index contributed by atoms with van der Waals surface area (Å²) in [5, 5.41) is 0. The van der Waals surface area contributed by atoms with Crippen LogP contribution in [0.15, 0.2) is 45.9 Å². The van der Waals surface area contributed by atoms with Gasteiger partial charge in [-0.2, -0.15) is 0 Å². The van der Waals surface area contributed by atoms with Gasteiger partial charge in [-0.25, -0.2) is 0 Å². The predicted molar refractivity (Wildman–Crippen MR) is 113 cm³/mol. The van der Waals surface area contributed by atoms with E-state index in [2.05, 4.69) is 38.0 Å². The van der Waals surface area contributed by atoms with Crippen LogP contribution in [0, 0.1) is 0 Å². The van der Waals surface area contributed by atoms with Gasteiger partial charge in [-0.1, -0.05) is 0 Å². The molecule has 1 aliphatic heterocycles. The lowest BCUT2D eigenvalue weighted by atomic mass is 10.2. The molecular weight excluding hydrogens is 408 g/mol. The molecule has 2 aromatic rings. The fraction of sp³-hybridized carbons (Fsp3) is 0.381. The Morgan fingerprint density at radius 2 is 1.67 bits per heavy atom. The Labute approximate surface area is 169 Å². The summed E-state index contributed by atoms with van der Waals surface area (Å²) in [5.41, 5.74) is 3.06. The van der Waals surface area contributed by atoms with E-state index in [0.29, 0.717) is 13.2 Å². The Hall–Kier alpha value is -2.05. The van der Waals surface area contributed by atoms with Crippen molar-refractivity contribution in [2.45, 2.75) is 13.8 Å². The van der Waals surface area contributed by atoms with E-state index in [1.165, 1.54) is 5.69 Å². The molecule has 6 heteroatoms. The van der Waals surface area contributed by atoms with Crippen molar-refractivity contribution in [3.63, 3.8) is 0 Å². The largest absolute Gasteiger partial charge is 0.490 e. The summed E-state index contributed by atoms with van der Waals surface area (Å²) in [6, 6.07) is 12.2. The molecule has 1 aliphatic rings. The Morgan fingerprint density at radius 1 is 1.04 bits per heavy atom. The Bertz CT molecular complexity index is 772. The third-order valence-corrected chi connectivity index (χ3v) is 4.93. The zero-order chi connectivity index (χ0) is 19.1. The summed E-state index contributed by atoms with van der Waals surface area (Å²) in [6.07, 6.45) is 1.84. The molecule has 3 rings (SSSR count). The van der Waals surface area contributed by atoms with Crippen LogP contribution in [0.2, 0.25) is 0 Å². The highest BCUT2D eigenvalue weighted by molar-refractivity contribution is 9.10. The number of ether oxygens (including phenoxy) is 3. The molecule has 0 aliphatic carbocycles. The minimum Gasteiger partial charge on any atom is -0.490 e. The first-order valence-corrected chi connectivity index (χ1v) is 10.1. The normalized spacial score (nSPS) is 14.6. The van der Waals surface area contributed by atoms with Gasteiger partial charge in [0, 0.05) is 35.0 Å². The molecule has 0 radical (unpaired) electrons. The lowest BCUT2D eigenvalue weighted by molar-refractivity contribution is 0.122. The van der Waals surface area contributed by atoms with Crippen LogP contribution in [0.25, 0.3) is 0 Å². The highest BCUT2D eigenvalue weighted by Crippen LogP contribution is 2.33. The minimum atomic E-state index is 0.585. The number of nitrogens with zero attached hydrogens (tertiary/aromatic N) is 2. The van der Waals surface area contributed by atoms with Crippen molar-refractivity contribution >= 4 is 33.5 Å². The molecule has 144 valence electrons. The Kier molecular flexibility index (Phi) is 7.12. The average Bonchev–Trinajstić information content (AvgIpc) is 2.70. The van der Waals surface area contributed by atoms with Gasteiger partial charge in [-0.15, -0.1) is 0 Å². The van der Waals surface area contributed by atoms with Crippen molar-refractivity contribution in [3.05, 3.63) is 46.4 Å². The van der Waals surface area contributed by atoms with Crippen LogP contribution < -0.4 is 14.4 Å². The standard InChI is InChI=1S/C21H25BrN2O3/c1-3-26-20-13-16(19(22)14-21(20)27-4-2)15-23-17-5-7-18(8-6-17)24-9-11-25-12-10-24/h5-8,13-15H,3-4,9-12H2,1-2H3. The zero-order valence-corrected chi connectivity index (χ0v) is 17.4. The van der Waals surface area contributed by atoms with Crippen LogP contribution in [0.3, 0.4) is 0 Å². The molecule has 1 fully saturated rings. The van der Waals surface area contributed by atoms with Crippen LogP contribution in [0.4, 0.5) is 11.4 Å². The molecule has 0 unspecified atom stereocenters. The monoisotopic (exact) mass is 432 g/mol. The molecule has 0 atom stereocenters. The second-order valence-corrected chi connectivity index (χ2v) is 6.91. The third kappa shape index (κ3) is 5.23. The SMILES string of the molecule is CCOc1cc(Br)c(C=Nc2ccc(N3CCOCC3)cc2)cc1OCC. The van der Waals surface area contributed by atoms with Crippen LogP contribution in [0.5, 0.6) is 11.5 Å². The van der Waals surface area contributed by atoms with E-state index >= 15 is 0 Å². The second-order valence-electron chi connectivity index (χ2n) is 6.06. The molecular formula is C21H25BrN2O3. The number of halogens is 1. The van der Waals surface area contributed by atoms with Gasteiger partial charge in [-0.3, -0.25) is 4.99 Å². The summed E-state index contributed by atoms with van der Waals surface area (Å²) in [7, 11) is 0. The molecule has 0 spiro atoms. The van der Waals surface area contributed by atoms with E-state index in [1.807, 2.05) is 44.3 Å². The van der Waals surface area contributed by atoms with Gasteiger partial charge >= 0.3 is 0 Å². The van der Waals surface area contributed by atoms with E-state index < -0.39 is 0 Å². The molecule has 2 aromatic carbocycles.